The van der Waals surface area contributed by atoms with Crippen molar-refractivity contribution in [3.8, 4) is 0 Å². The molecule has 2 amide bonds. The fourth-order valence-electron chi connectivity index (χ4n) is 2.93. The fourth-order valence-corrected chi connectivity index (χ4v) is 10.2. The van der Waals surface area contributed by atoms with Crippen LogP contribution in [0.1, 0.15) is 48.4 Å². The molecular formula is C17H23NO4Sn. The maximum atomic E-state index is 12.5. The van der Waals surface area contributed by atoms with Crippen LogP contribution in [0.5, 0.6) is 0 Å². The molecule has 1 aromatic carbocycles. The van der Waals surface area contributed by atoms with E-state index in [9.17, 15) is 14.4 Å². The molecule has 0 fully saturated rings. The van der Waals surface area contributed by atoms with Gasteiger partial charge in [-0.15, -0.1) is 0 Å². The van der Waals surface area contributed by atoms with Gasteiger partial charge in [0.2, 0.25) is 0 Å². The Kier molecular flexibility index (Phi) is 5.49. The zero-order chi connectivity index (χ0) is 17.2. The number of carbonyl (C=O) groups is 3. The molecule has 1 aliphatic rings. The van der Waals surface area contributed by atoms with Crippen molar-refractivity contribution in [3.63, 3.8) is 0 Å². The molecule has 1 atom stereocenters. The Morgan fingerprint density at radius 1 is 1.04 bits per heavy atom. The fraction of sp³-hybridized carbons (Fsp3) is 0.471. The van der Waals surface area contributed by atoms with Gasteiger partial charge in [0.1, 0.15) is 0 Å². The van der Waals surface area contributed by atoms with Crippen molar-refractivity contribution < 1.29 is 17.5 Å². The number of benzene rings is 1. The number of imide groups is 1. The van der Waals surface area contributed by atoms with E-state index in [-0.39, 0.29) is 0 Å². The first kappa shape index (κ1) is 18.0. The molecule has 0 radical (unpaired) electrons. The van der Waals surface area contributed by atoms with E-state index in [1.54, 1.807) is 31.2 Å². The predicted molar refractivity (Wildman–Crippen MR) is 89.7 cm³/mol. The standard InChI is InChI=1S/C11H9NO4.3C2H5.Sn/c1-6(11(15)16)12-9(13)7-4-2-3-5-8(7)10(12)14;3*1-2;/h2-6H,1H3,(H,15,16);3*1H2,2H3;/q;;;;+1/p-1/t6-;;;;/m0..../s1. The summed E-state index contributed by atoms with van der Waals surface area (Å²) < 4.78 is 8.60. The van der Waals surface area contributed by atoms with Crippen molar-refractivity contribution in [3.05, 3.63) is 35.4 Å². The van der Waals surface area contributed by atoms with E-state index < -0.39 is 42.6 Å². The topological polar surface area (TPSA) is 63.7 Å². The molecule has 0 aliphatic carbocycles. The minimum absolute atomic E-state index is 0.355. The van der Waals surface area contributed by atoms with Crippen LogP contribution in [0.15, 0.2) is 24.3 Å². The van der Waals surface area contributed by atoms with E-state index >= 15 is 0 Å². The molecule has 2 rings (SSSR count). The van der Waals surface area contributed by atoms with Crippen molar-refractivity contribution in [2.75, 3.05) is 0 Å². The average molecular weight is 424 g/mol. The van der Waals surface area contributed by atoms with Gasteiger partial charge in [0.15, 0.2) is 0 Å². The molecule has 124 valence electrons. The Morgan fingerprint density at radius 2 is 1.48 bits per heavy atom. The van der Waals surface area contributed by atoms with E-state index in [4.69, 9.17) is 3.07 Å². The van der Waals surface area contributed by atoms with Gasteiger partial charge in [-0.25, -0.2) is 0 Å². The van der Waals surface area contributed by atoms with Gasteiger partial charge in [0.05, 0.1) is 0 Å². The van der Waals surface area contributed by atoms with Crippen molar-refractivity contribution >= 4 is 36.6 Å². The van der Waals surface area contributed by atoms with Crippen molar-refractivity contribution in [1.82, 2.24) is 4.90 Å². The maximum absolute atomic E-state index is 12.5. The van der Waals surface area contributed by atoms with Crippen molar-refractivity contribution in [2.45, 2.75) is 47.0 Å². The van der Waals surface area contributed by atoms with Crippen molar-refractivity contribution in [1.29, 1.82) is 0 Å². The van der Waals surface area contributed by atoms with E-state index in [1.807, 2.05) is 0 Å². The molecule has 0 bridgehead atoms. The molecular weight excluding hydrogens is 401 g/mol. The summed E-state index contributed by atoms with van der Waals surface area (Å²) in [6.07, 6.45) is 0. The third-order valence-electron chi connectivity index (χ3n) is 4.80. The van der Waals surface area contributed by atoms with Gasteiger partial charge >= 0.3 is 141 Å². The summed E-state index contributed by atoms with van der Waals surface area (Å²) >= 11 is -2.93. The monoisotopic (exact) mass is 425 g/mol. The van der Waals surface area contributed by atoms with Crippen molar-refractivity contribution in [2.24, 2.45) is 0 Å². The SMILES string of the molecule is C[CH2][Sn]([CH2]C)([CH2]C)[O]C(=O)[C@H](C)N1C(=O)c2ccccc2C1=O. The molecule has 1 heterocycles. The first-order valence-electron chi connectivity index (χ1n) is 8.10. The molecule has 0 saturated carbocycles. The second-order valence-electron chi connectivity index (χ2n) is 5.87. The van der Waals surface area contributed by atoms with Crippen LogP contribution in [0.3, 0.4) is 0 Å². The quantitative estimate of drug-likeness (QED) is 0.520. The number of nitrogens with zero attached hydrogens (tertiary/aromatic N) is 1. The van der Waals surface area contributed by atoms with Gasteiger partial charge in [0.25, 0.3) is 0 Å². The summed E-state index contributed by atoms with van der Waals surface area (Å²) in [5.74, 6) is -1.28. The average Bonchev–Trinajstić information content (AvgIpc) is 2.83. The Bertz CT molecular complexity index is 596. The Hall–Kier alpha value is -1.37. The first-order chi connectivity index (χ1) is 10.9. The van der Waals surface area contributed by atoms with Crippen LogP contribution in [-0.4, -0.2) is 47.5 Å². The molecule has 5 nitrogen and oxygen atoms in total. The molecule has 6 heteroatoms. The van der Waals surface area contributed by atoms with E-state index in [2.05, 4.69) is 20.8 Å². The summed E-state index contributed by atoms with van der Waals surface area (Å²) in [6.45, 7) is 7.75. The molecule has 0 spiro atoms. The van der Waals surface area contributed by atoms with Gasteiger partial charge in [-0.05, 0) is 0 Å². The molecule has 23 heavy (non-hydrogen) atoms. The van der Waals surface area contributed by atoms with E-state index in [0.717, 1.165) is 18.2 Å². The van der Waals surface area contributed by atoms with Crippen LogP contribution in [0, 0.1) is 0 Å². The first-order valence-corrected chi connectivity index (χ1v) is 15.3. The molecule has 0 unspecified atom stereocenters. The van der Waals surface area contributed by atoms with Gasteiger partial charge in [-0.2, -0.15) is 0 Å². The summed E-state index contributed by atoms with van der Waals surface area (Å²) in [5, 5.41) is 0. The Balaban J connectivity index is 2.22. The number of fused-ring (bicyclic) bond motifs is 1. The molecule has 0 aromatic heterocycles. The Labute approximate surface area is 141 Å². The second kappa shape index (κ2) is 7.03. The zero-order valence-corrected chi connectivity index (χ0v) is 16.9. The predicted octanol–water partition coefficient (Wildman–Crippen LogP) is 3.22. The summed E-state index contributed by atoms with van der Waals surface area (Å²) in [7, 11) is 0. The number of amides is 2. The van der Waals surface area contributed by atoms with Gasteiger partial charge in [-0.1, -0.05) is 0 Å². The van der Waals surface area contributed by atoms with Crippen LogP contribution in [0.4, 0.5) is 0 Å². The van der Waals surface area contributed by atoms with Crippen LogP contribution in [-0.2, 0) is 7.87 Å². The minimum atomic E-state index is -2.93. The summed E-state index contributed by atoms with van der Waals surface area (Å²) in [5.41, 5.74) is 0.710. The molecule has 1 aliphatic heterocycles. The second-order valence-corrected chi connectivity index (χ2v) is 19.3. The van der Waals surface area contributed by atoms with Crippen LogP contribution < -0.4 is 0 Å². The molecule has 0 saturated heterocycles. The summed E-state index contributed by atoms with van der Waals surface area (Å²) in [4.78, 5) is 38.5. The number of rotatable bonds is 6. The van der Waals surface area contributed by atoms with Gasteiger partial charge in [0, 0.05) is 0 Å². The van der Waals surface area contributed by atoms with E-state index in [0.29, 0.717) is 11.1 Å². The number of carbonyl (C=O) groups excluding carboxylic acids is 3. The third-order valence-corrected chi connectivity index (χ3v) is 17.6. The van der Waals surface area contributed by atoms with E-state index in [1.165, 1.54) is 0 Å². The normalized spacial score (nSPS) is 15.6. The van der Waals surface area contributed by atoms with Gasteiger partial charge in [-0.3, -0.25) is 0 Å². The molecule has 1 aromatic rings. The van der Waals surface area contributed by atoms with Crippen LogP contribution in [0.2, 0.25) is 13.3 Å². The summed E-state index contributed by atoms with van der Waals surface area (Å²) in [6, 6.07) is 5.76. The Morgan fingerprint density at radius 3 is 1.87 bits per heavy atom. The number of hydrogen-bond donors (Lipinski definition) is 0. The third kappa shape index (κ3) is 3.16. The van der Waals surface area contributed by atoms with Crippen LogP contribution in [0.25, 0.3) is 0 Å². The molecule has 0 N–H and O–H groups in total. The van der Waals surface area contributed by atoms with Crippen LogP contribution >= 0.6 is 0 Å². The zero-order valence-electron chi connectivity index (χ0n) is 14.1. The van der Waals surface area contributed by atoms with Gasteiger partial charge < -0.3 is 0 Å². The number of hydrogen-bond acceptors (Lipinski definition) is 4.